The Kier molecular flexibility index (Phi) is 3.75. The van der Waals surface area contributed by atoms with Crippen molar-refractivity contribution in [1.29, 1.82) is 0 Å². The van der Waals surface area contributed by atoms with Crippen LogP contribution < -0.4 is 5.90 Å². The lowest BCUT2D eigenvalue weighted by Crippen LogP contribution is -2.13. The van der Waals surface area contributed by atoms with Crippen LogP contribution >= 0.6 is 0 Å². The maximum atomic E-state index is 11.6. The summed E-state index contributed by atoms with van der Waals surface area (Å²) in [6.07, 6.45) is 0. The number of carbonyl (C=O) groups excluding carboxylic acids is 1. The fourth-order valence-electron chi connectivity index (χ4n) is 2.05. The van der Waals surface area contributed by atoms with Gasteiger partial charge in [-0.1, -0.05) is 55.5 Å². The van der Waals surface area contributed by atoms with Crippen LogP contribution in [-0.4, -0.2) is 5.97 Å². The van der Waals surface area contributed by atoms with E-state index < -0.39 is 5.97 Å². The van der Waals surface area contributed by atoms with Gasteiger partial charge in [0.1, 0.15) is 0 Å². The van der Waals surface area contributed by atoms with Gasteiger partial charge in [-0.05, 0) is 17.2 Å². The number of hydrogen-bond donors (Lipinski definition) is 1. The summed E-state index contributed by atoms with van der Waals surface area (Å²) in [7, 11) is 0. The molecule has 2 aromatic rings. The number of hydrogen-bond acceptors (Lipinski definition) is 3. The van der Waals surface area contributed by atoms with Gasteiger partial charge in [0.2, 0.25) is 0 Å². The molecule has 2 aromatic carbocycles. The van der Waals surface area contributed by atoms with Crippen molar-refractivity contribution in [3.63, 3.8) is 0 Å². The Morgan fingerprint density at radius 3 is 2.33 bits per heavy atom. The molecule has 1 unspecified atom stereocenters. The van der Waals surface area contributed by atoms with Gasteiger partial charge >= 0.3 is 5.97 Å². The highest BCUT2D eigenvalue weighted by atomic mass is 16.7. The van der Waals surface area contributed by atoms with Gasteiger partial charge in [-0.15, -0.1) is 0 Å². The molecule has 0 aliphatic carbocycles. The van der Waals surface area contributed by atoms with Crippen LogP contribution in [0.15, 0.2) is 54.6 Å². The molecule has 0 aliphatic heterocycles. The molecule has 2 rings (SSSR count). The molecule has 92 valence electrons. The molecule has 0 aliphatic rings. The van der Waals surface area contributed by atoms with E-state index in [1.165, 1.54) is 0 Å². The van der Waals surface area contributed by atoms with Crippen molar-refractivity contribution in [3.05, 3.63) is 71.3 Å². The van der Waals surface area contributed by atoms with Gasteiger partial charge in [0.25, 0.3) is 0 Å². The predicted molar refractivity (Wildman–Crippen MR) is 70.0 cm³/mol. The highest BCUT2D eigenvalue weighted by Crippen LogP contribution is 2.26. The SMILES string of the molecule is CC(c1ccccc1)c1ccccc1C(=O)ON. The molecule has 0 bridgehead atoms. The summed E-state index contributed by atoms with van der Waals surface area (Å²) >= 11 is 0. The van der Waals surface area contributed by atoms with Crippen molar-refractivity contribution in [3.8, 4) is 0 Å². The van der Waals surface area contributed by atoms with E-state index in [4.69, 9.17) is 5.90 Å². The van der Waals surface area contributed by atoms with E-state index in [2.05, 4.69) is 11.8 Å². The predicted octanol–water partition coefficient (Wildman–Crippen LogP) is 2.87. The number of carbonyl (C=O) groups is 1. The van der Waals surface area contributed by atoms with E-state index in [0.717, 1.165) is 11.1 Å². The lowest BCUT2D eigenvalue weighted by atomic mass is 9.90. The maximum Gasteiger partial charge on any atom is 0.356 e. The zero-order valence-electron chi connectivity index (χ0n) is 10.2. The van der Waals surface area contributed by atoms with Gasteiger partial charge in [-0.25, -0.2) is 4.79 Å². The average molecular weight is 241 g/mol. The molecule has 1 atom stereocenters. The van der Waals surface area contributed by atoms with E-state index in [0.29, 0.717) is 5.56 Å². The Bertz CT molecular complexity index is 537. The van der Waals surface area contributed by atoms with Crippen molar-refractivity contribution in [1.82, 2.24) is 0 Å². The Balaban J connectivity index is 2.42. The normalized spacial score (nSPS) is 11.9. The molecule has 18 heavy (non-hydrogen) atoms. The molecule has 0 radical (unpaired) electrons. The molecule has 0 fully saturated rings. The first kappa shape index (κ1) is 12.3. The van der Waals surface area contributed by atoms with E-state index in [-0.39, 0.29) is 5.92 Å². The zero-order chi connectivity index (χ0) is 13.0. The van der Waals surface area contributed by atoms with Crippen molar-refractivity contribution in [2.24, 2.45) is 5.90 Å². The van der Waals surface area contributed by atoms with E-state index in [9.17, 15) is 4.79 Å². The first-order valence-corrected chi connectivity index (χ1v) is 5.79. The molecule has 0 saturated carbocycles. The average Bonchev–Trinajstić information content (AvgIpc) is 2.46. The fourth-order valence-corrected chi connectivity index (χ4v) is 2.05. The van der Waals surface area contributed by atoms with Crippen molar-refractivity contribution >= 4 is 5.97 Å². The monoisotopic (exact) mass is 241 g/mol. The highest BCUT2D eigenvalue weighted by molar-refractivity contribution is 5.91. The minimum atomic E-state index is -0.506. The van der Waals surface area contributed by atoms with E-state index in [1.807, 2.05) is 42.5 Å². The van der Waals surface area contributed by atoms with E-state index >= 15 is 0 Å². The molecule has 0 spiro atoms. The second kappa shape index (κ2) is 5.47. The lowest BCUT2D eigenvalue weighted by Gasteiger charge is -2.15. The third kappa shape index (κ3) is 2.41. The van der Waals surface area contributed by atoms with Crippen LogP contribution in [0.25, 0.3) is 0 Å². The van der Waals surface area contributed by atoms with Gasteiger partial charge in [0.15, 0.2) is 0 Å². The van der Waals surface area contributed by atoms with Gasteiger partial charge < -0.3 is 4.84 Å². The van der Waals surface area contributed by atoms with Crippen LogP contribution in [0.5, 0.6) is 0 Å². The minimum absolute atomic E-state index is 0.112. The molecule has 0 amide bonds. The standard InChI is InChI=1S/C15H15NO2/c1-11(12-7-3-2-4-8-12)13-9-5-6-10-14(13)15(17)18-16/h2-11H,16H2,1H3. The fraction of sp³-hybridized carbons (Fsp3) is 0.133. The van der Waals surface area contributed by atoms with Gasteiger partial charge in [-0.3, -0.25) is 0 Å². The number of rotatable bonds is 3. The van der Waals surface area contributed by atoms with Crippen molar-refractivity contribution in [2.75, 3.05) is 0 Å². The Hall–Kier alpha value is -2.13. The summed E-state index contributed by atoms with van der Waals surface area (Å²) in [5.74, 6) is 4.57. The lowest BCUT2D eigenvalue weighted by molar-refractivity contribution is 0.0502. The summed E-state index contributed by atoms with van der Waals surface area (Å²) in [5.41, 5.74) is 2.57. The van der Waals surface area contributed by atoms with Crippen LogP contribution in [0.3, 0.4) is 0 Å². The highest BCUT2D eigenvalue weighted by Gasteiger charge is 2.17. The number of nitrogens with two attached hydrogens (primary N) is 1. The molecule has 3 nitrogen and oxygen atoms in total. The molecule has 3 heteroatoms. The summed E-state index contributed by atoms with van der Waals surface area (Å²) in [5, 5.41) is 0. The molecule has 2 N–H and O–H groups in total. The third-order valence-corrected chi connectivity index (χ3v) is 3.05. The van der Waals surface area contributed by atoms with Crippen molar-refractivity contribution in [2.45, 2.75) is 12.8 Å². The third-order valence-electron chi connectivity index (χ3n) is 3.05. The zero-order valence-corrected chi connectivity index (χ0v) is 10.2. The van der Waals surface area contributed by atoms with Gasteiger partial charge in [-0.2, -0.15) is 5.90 Å². The first-order chi connectivity index (χ1) is 8.74. The molecular formula is C15H15NO2. The van der Waals surface area contributed by atoms with Gasteiger partial charge in [0, 0.05) is 5.92 Å². The molecule has 0 heterocycles. The van der Waals surface area contributed by atoms with Crippen LogP contribution in [0.1, 0.15) is 34.3 Å². The minimum Gasteiger partial charge on any atom is -0.370 e. The van der Waals surface area contributed by atoms with Crippen LogP contribution in [0, 0.1) is 0 Å². The second-order valence-electron chi connectivity index (χ2n) is 4.12. The van der Waals surface area contributed by atoms with Crippen LogP contribution in [0.2, 0.25) is 0 Å². The number of benzene rings is 2. The van der Waals surface area contributed by atoms with Crippen LogP contribution in [0.4, 0.5) is 0 Å². The summed E-state index contributed by atoms with van der Waals surface area (Å²) in [6, 6.07) is 17.4. The smallest absolute Gasteiger partial charge is 0.356 e. The largest absolute Gasteiger partial charge is 0.370 e. The second-order valence-corrected chi connectivity index (χ2v) is 4.12. The Morgan fingerprint density at radius 2 is 1.67 bits per heavy atom. The van der Waals surface area contributed by atoms with E-state index in [1.54, 1.807) is 12.1 Å². The van der Waals surface area contributed by atoms with Gasteiger partial charge in [0.05, 0.1) is 5.56 Å². The van der Waals surface area contributed by atoms with Crippen LogP contribution in [-0.2, 0) is 4.84 Å². The quantitative estimate of drug-likeness (QED) is 0.841. The molecule has 0 saturated heterocycles. The Morgan fingerprint density at radius 1 is 1.06 bits per heavy atom. The molecular weight excluding hydrogens is 226 g/mol. The summed E-state index contributed by atoms with van der Waals surface area (Å²) in [4.78, 5) is 15.9. The first-order valence-electron chi connectivity index (χ1n) is 5.79. The summed E-state index contributed by atoms with van der Waals surface area (Å²) < 4.78 is 0. The topological polar surface area (TPSA) is 52.3 Å². The molecule has 0 aromatic heterocycles. The Labute approximate surface area is 106 Å². The summed E-state index contributed by atoms with van der Waals surface area (Å²) in [6.45, 7) is 2.05. The maximum absolute atomic E-state index is 11.6. The van der Waals surface area contributed by atoms with Crippen molar-refractivity contribution < 1.29 is 9.63 Å².